The molecule has 0 atom stereocenters. The van der Waals surface area contributed by atoms with Crippen molar-refractivity contribution in [3.63, 3.8) is 0 Å². The van der Waals surface area contributed by atoms with Gasteiger partial charge in [0.25, 0.3) is 11.8 Å². The minimum absolute atomic E-state index is 0.199. The summed E-state index contributed by atoms with van der Waals surface area (Å²) < 4.78 is 15.7. The van der Waals surface area contributed by atoms with Crippen molar-refractivity contribution in [3.05, 3.63) is 75.7 Å². The van der Waals surface area contributed by atoms with Crippen molar-refractivity contribution in [1.82, 2.24) is 10.3 Å². The fraction of sp³-hybridized carbons (Fsp3) is 0.182. The van der Waals surface area contributed by atoms with Gasteiger partial charge in [-0.25, -0.2) is 9.78 Å². The molecule has 1 aromatic heterocycles. The highest BCUT2D eigenvalue weighted by atomic mass is 32.1. The van der Waals surface area contributed by atoms with E-state index in [2.05, 4.69) is 10.3 Å². The first kappa shape index (κ1) is 22.0. The van der Waals surface area contributed by atoms with Crippen LogP contribution in [0.2, 0.25) is 0 Å². The summed E-state index contributed by atoms with van der Waals surface area (Å²) in [6, 6.07) is 12.9. The maximum absolute atomic E-state index is 12.3. The number of methoxy groups -OCH3 is 1. The molecule has 0 aliphatic carbocycles. The largest absolute Gasteiger partial charge is 0.496 e. The SMILES string of the molecule is COc1ccccc1C(=O)NC(=O)COC(=O)c1cccc(OCc2csc(C)n2)c1. The average molecular weight is 440 g/mol. The molecule has 0 saturated carbocycles. The van der Waals surface area contributed by atoms with Crippen LogP contribution in [-0.2, 0) is 16.1 Å². The Morgan fingerprint density at radius 2 is 1.90 bits per heavy atom. The number of para-hydroxylation sites is 1. The van der Waals surface area contributed by atoms with Gasteiger partial charge in [-0.15, -0.1) is 11.3 Å². The smallest absolute Gasteiger partial charge is 0.338 e. The summed E-state index contributed by atoms with van der Waals surface area (Å²) in [6.07, 6.45) is 0. The first-order chi connectivity index (χ1) is 15.0. The first-order valence-corrected chi connectivity index (χ1v) is 10.1. The standard InChI is InChI=1S/C22H20N2O6S/c1-14-23-16(13-31-14)11-29-17-7-5-6-15(10-17)22(27)30-12-20(25)24-21(26)18-8-3-4-9-19(18)28-2/h3-10,13H,11-12H2,1-2H3,(H,24,25,26). The van der Waals surface area contributed by atoms with Crippen LogP contribution in [-0.4, -0.2) is 36.5 Å². The zero-order valence-corrected chi connectivity index (χ0v) is 17.7. The van der Waals surface area contributed by atoms with Crippen molar-refractivity contribution >= 4 is 29.1 Å². The topological polar surface area (TPSA) is 104 Å². The number of ether oxygens (including phenoxy) is 3. The zero-order chi connectivity index (χ0) is 22.2. The number of thiazole rings is 1. The van der Waals surface area contributed by atoms with Gasteiger partial charge in [-0.2, -0.15) is 0 Å². The minimum Gasteiger partial charge on any atom is -0.496 e. The van der Waals surface area contributed by atoms with Crippen molar-refractivity contribution in [3.8, 4) is 11.5 Å². The predicted octanol–water partition coefficient (Wildman–Crippen LogP) is 3.15. The molecule has 160 valence electrons. The minimum atomic E-state index is -0.754. The number of imide groups is 1. The summed E-state index contributed by atoms with van der Waals surface area (Å²) in [5, 5.41) is 5.01. The zero-order valence-electron chi connectivity index (χ0n) is 16.9. The Hall–Kier alpha value is -3.72. The van der Waals surface area contributed by atoms with Crippen LogP contribution in [0.25, 0.3) is 0 Å². The third kappa shape index (κ3) is 6.13. The molecule has 0 unspecified atom stereocenters. The number of carbonyl (C=O) groups is 3. The molecule has 0 aliphatic rings. The van der Waals surface area contributed by atoms with E-state index in [-0.39, 0.29) is 17.7 Å². The highest BCUT2D eigenvalue weighted by molar-refractivity contribution is 7.09. The molecule has 2 amide bonds. The van der Waals surface area contributed by atoms with E-state index in [1.165, 1.54) is 30.6 Å². The van der Waals surface area contributed by atoms with Crippen LogP contribution in [0, 0.1) is 6.92 Å². The maximum Gasteiger partial charge on any atom is 0.338 e. The van der Waals surface area contributed by atoms with Gasteiger partial charge in [-0.3, -0.25) is 14.9 Å². The fourth-order valence-corrected chi connectivity index (χ4v) is 3.22. The molecule has 9 heteroatoms. The molecular formula is C22H20N2O6S. The van der Waals surface area contributed by atoms with Gasteiger partial charge in [-0.1, -0.05) is 18.2 Å². The quantitative estimate of drug-likeness (QED) is 0.537. The Labute approximate surface area is 182 Å². The Morgan fingerprint density at radius 3 is 2.65 bits per heavy atom. The highest BCUT2D eigenvalue weighted by Gasteiger charge is 2.16. The fourth-order valence-electron chi connectivity index (χ4n) is 2.62. The number of hydrogen-bond acceptors (Lipinski definition) is 8. The number of rotatable bonds is 8. The number of carbonyl (C=O) groups excluding carboxylic acids is 3. The van der Waals surface area contributed by atoms with Crippen LogP contribution in [0.5, 0.6) is 11.5 Å². The van der Waals surface area contributed by atoms with Gasteiger partial charge in [0.1, 0.15) is 18.1 Å². The van der Waals surface area contributed by atoms with Crippen molar-refractivity contribution < 1.29 is 28.6 Å². The molecule has 0 radical (unpaired) electrons. The van der Waals surface area contributed by atoms with Crippen molar-refractivity contribution in [2.24, 2.45) is 0 Å². The van der Waals surface area contributed by atoms with Crippen LogP contribution in [0.3, 0.4) is 0 Å². The lowest BCUT2D eigenvalue weighted by atomic mass is 10.2. The second-order valence-electron chi connectivity index (χ2n) is 6.33. The van der Waals surface area contributed by atoms with Gasteiger partial charge in [0, 0.05) is 5.38 Å². The first-order valence-electron chi connectivity index (χ1n) is 9.24. The van der Waals surface area contributed by atoms with Gasteiger partial charge in [0.2, 0.25) is 0 Å². The number of hydrogen-bond donors (Lipinski definition) is 1. The summed E-state index contributed by atoms with van der Waals surface area (Å²) in [7, 11) is 1.42. The van der Waals surface area contributed by atoms with Gasteiger partial charge in [0.05, 0.1) is 28.9 Å². The molecule has 2 aromatic carbocycles. The van der Waals surface area contributed by atoms with Crippen LogP contribution in [0.4, 0.5) is 0 Å². The Morgan fingerprint density at radius 1 is 1.10 bits per heavy atom. The molecule has 1 heterocycles. The second kappa shape index (κ2) is 10.4. The van der Waals surface area contributed by atoms with Crippen LogP contribution in [0.1, 0.15) is 31.4 Å². The molecule has 0 fully saturated rings. The molecule has 3 rings (SSSR count). The molecular weight excluding hydrogens is 420 g/mol. The van der Waals surface area contributed by atoms with E-state index in [1.54, 1.807) is 36.4 Å². The van der Waals surface area contributed by atoms with Gasteiger partial charge >= 0.3 is 5.97 Å². The van der Waals surface area contributed by atoms with E-state index in [4.69, 9.17) is 14.2 Å². The Balaban J connectivity index is 1.51. The molecule has 3 aromatic rings. The Kier molecular flexibility index (Phi) is 7.34. The molecule has 8 nitrogen and oxygen atoms in total. The lowest BCUT2D eigenvalue weighted by molar-refractivity contribution is -0.123. The van der Waals surface area contributed by atoms with Crippen LogP contribution < -0.4 is 14.8 Å². The van der Waals surface area contributed by atoms with E-state index < -0.39 is 24.4 Å². The number of esters is 1. The van der Waals surface area contributed by atoms with E-state index in [1.807, 2.05) is 12.3 Å². The summed E-state index contributed by atoms with van der Waals surface area (Å²) in [6.45, 7) is 1.57. The summed E-state index contributed by atoms with van der Waals surface area (Å²) in [4.78, 5) is 40.8. The summed E-state index contributed by atoms with van der Waals surface area (Å²) in [5.74, 6) is -1.32. The summed E-state index contributed by atoms with van der Waals surface area (Å²) in [5.41, 5.74) is 1.22. The van der Waals surface area contributed by atoms with Gasteiger partial charge in [0.15, 0.2) is 6.61 Å². The van der Waals surface area contributed by atoms with Gasteiger partial charge < -0.3 is 14.2 Å². The number of benzene rings is 2. The van der Waals surface area contributed by atoms with E-state index in [0.717, 1.165) is 10.7 Å². The maximum atomic E-state index is 12.3. The van der Waals surface area contributed by atoms with Crippen molar-refractivity contribution in [2.45, 2.75) is 13.5 Å². The lowest BCUT2D eigenvalue weighted by Gasteiger charge is -2.09. The molecule has 0 bridgehead atoms. The van der Waals surface area contributed by atoms with E-state index >= 15 is 0 Å². The molecule has 0 aliphatic heterocycles. The third-order valence-corrected chi connectivity index (χ3v) is 4.88. The summed E-state index contributed by atoms with van der Waals surface area (Å²) >= 11 is 1.53. The van der Waals surface area contributed by atoms with E-state index in [9.17, 15) is 14.4 Å². The second-order valence-corrected chi connectivity index (χ2v) is 7.39. The molecule has 0 spiro atoms. The Bertz CT molecular complexity index is 1090. The lowest BCUT2D eigenvalue weighted by Crippen LogP contribution is -2.34. The van der Waals surface area contributed by atoms with Gasteiger partial charge in [-0.05, 0) is 37.3 Å². The molecule has 31 heavy (non-hydrogen) atoms. The highest BCUT2D eigenvalue weighted by Crippen LogP contribution is 2.18. The number of aromatic nitrogens is 1. The van der Waals surface area contributed by atoms with Crippen LogP contribution >= 0.6 is 11.3 Å². The average Bonchev–Trinajstić information content (AvgIpc) is 3.21. The molecule has 1 N–H and O–H groups in total. The predicted molar refractivity (Wildman–Crippen MR) is 113 cm³/mol. The number of nitrogens with one attached hydrogen (secondary N) is 1. The monoisotopic (exact) mass is 440 g/mol. The third-order valence-electron chi connectivity index (χ3n) is 4.06. The molecule has 0 saturated heterocycles. The number of aryl methyl sites for hydroxylation is 1. The normalized spacial score (nSPS) is 10.3. The van der Waals surface area contributed by atoms with Crippen molar-refractivity contribution in [1.29, 1.82) is 0 Å². The van der Waals surface area contributed by atoms with Crippen LogP contribution in [0.15, 0.2) is 53.9 Å². The number of amides is 2. The number of nitrogens with zero attached hydrogens (tertiary/aromatic N) is 1. The van der Waals surface area contributed by atoms with Crippen molar-refractivity contribution in [2.75, 3.05) is 13.7 Å². The van der Waals surface area contributed by atoms with E-state index in [0.29, 0.717) is 11.5 Å².